The van der Waals surface area contributed by atoms with E-state index in [1.54, 1.807) is 24.3 Å². The number of imide groups is 1. The van der Waals surface area contributed by atoms with Crippen LogP contribution < -0.4 is 0 Å². The maximum atomic E-state index is 11.8. The van der Waals surface area contributed by atoms with Crippen LogP contribution in [0.3, 0.4) is 0 Å². The first-order valence-electron chi connectivity index (χ1n) is 4.77. The number of alkyl halides is 1. The standard InChI is InChI=1S/C11H10ClNO2/c12-6-3-7-13-10(14)8-4-1-2-5-9(8)11(13)15/h1-2,4-5H,3,6-7H2. The Balaban J connectivity index is 2.29. The number of carbonyl (C=O) groups is 2. The van der Waals surface area contributed by atoms with Crippen LogP contribution in [0.25, 0.3) is 0 Å². The Morgan fingerprint density at radius 1 is 1.07 bits per heavy atom. The van der Waals surface area contributed by atoms with E-state index in [9.17, 15) is 9.59 Å². The van der Waals surface area contributed by atoms with Gasteiger partial charge in [0, 0.05) is 12.4 Å². The first-order valence-corrected chi connectivity index (χ1v) is 5.30. The fraction of sp³-hybridized carbons (Fsp3) is 0.273. The molecule has 1 heterocycles. The molecule has 0 bridgehead atoms. The molecule has 0 N–H and O–H groups in total. The summed E-state index contributed by atoms with van der Waals surface area (Å²) in [6.45, 7) is 0.399. The van der Waals surface area contributed by atoms with Gasteiger partial charge >= 0.3 is 0 Å². The van der Waals surface area contributed by atoms with Crippen molar-refractivity contribution in [3.8, 4) is 0 Å². The van der Waals surface area contributed by atoms with Gasteiger partial charge in [0.1, 0.15) is 0 Å². The van der Waals surface area contributed by atoms with Crippen LogP contribution in [0.1, 0.15) is 27.1 Å². The van der Waals surface area contributed by atoms with Crippen LogP contribution in [0.4, 0.5) is 0 Å². The number of fused-ring (bicyclic) bond motifs is 1. The largest absolute Gasteiger partial charge is 0.274 e. The lowest BCUT2D eigenvalue weighted by Crippen LogP contribution is -2.30. The van der Waals surface area contributed by atoms with E-state index in [-0.39, 0.29) is 11.8 Å². The lowest BCUT2D eigenvalue weighted by atomic mass is 10.1. The monoisotopic (exact) mass is 223 g/mol. The first kappa shape index (κ1) is 10.2. The Hall–Kier alpha value is -1.35. The van der Waals surface area contributed by atoms with Gasteiger partial charge < -0.3 is 0 Å². The molecular weight excluding hydrogens is 214 g/mol. The van der Waals surface area contributed by atoms with E-state index in [0.717, 1.165) is 0 Å². The molecule has 1 aliphatic heterocycles. The minimum Gasteiger partial charge on any atom is -0.274 e. The normalized spacial score (nSPS) is 14.6. The molecule has 15 heavy (non-hydrogen) atoms. The molecule has 78 valence electrons. The highest BCUT2D eigenvalue weighted by Gasteiger charge is 2.34. The van der Waals surface area contributed by atoms with E-state index in [1.807, 2.05) is 0 Å². The Labute approximate surface area is 92.6 Å². The van der Waals surface area contributed by atoms with Gasteiger partial charge in [-0.25, -0.2) is 0 Å². The number of amides is 2. The van der Waals surface area contributed by atoms with Gasteiger partial charge in [0.05, 0.1) is 11.1 Å². The molecule has 0 fully saturated rings. The average molecular weight is 224 g/mol. The van der Waals surface area contributed by atoms with E-state index in [1.165, 1.54) is 4.90 Å². The zero-order chi connectivity index (χ0) is 10.8. The van der Waals surface area contributed by atoms with Crippen LogP contribution in [0.2, 0.25) is 0 Å². The maximum absolute atomic E-state index is 11.8. The quantitative estimate of drug-likeness (QED) is 0.580. The van der Waals surface area contributed by atoms with Crippen molar-refractivity contribution in [3.05, 3.63) is 35.4 Å². The SMILES string of the molecule is O=C1c2ccccc2C(=O)N1CCCCl. The van der Waals surface area contributed by atoms with Gasteiger partial charge in [-0.1, -0.05) is 12.1 Å². The van der Waals surface area contributed by atoms with Crippen LogP contribution in [-0.2, 0) is 0 Å². The van der Waals surface area contributed by atoms with Crippen molar-refractivity contribution in [1.29, 1.82) is 0 Å². The fourth-order valence-corrected chi connectivity index (χ4v) is 1.78. The van der Waals surface area contributed by atoms with Crippen molar-refractivity contribution in [1.82, 2.24) is 4.90 Å². The molecule has 2 amide bonds. The zero-order valence-electron chi connectivity index (χ0n) is 8.07. The van der Waals surface area contributed by atoms with Crippen molar-refractivity contribution in [2.24, 2.45) is 0 Å². The molecule has 2 rings (SSSR count). The van der Waals surface area contributed by atoms with Gasteiger partial charge in [0.2, 0.25) is 0 Å². The lowest BCUT2D eigenvalue weighted by Gasteiger charge is -2.11. The average Bonchev–Trinajstić information content (AvgIpc) is 2.51. The summed E-state index contributed by atoms with van der Waals surface area (Å²) in [5.74, 6) is 0.0365. The van der Waals surface area contributed by atoms with Crippen LogP contribution in [0, 0.1) is 0 Å². The molecule has 3 nitrogen and oxygen atoms in total. The van der Waals surface area contributed by atoms with Gasteiger partial charge in [-0.3, -0.25) is 14.5 Å². The number of nitrogens with zero attached hydrogens (tertiary/aromatic N) is 1. The third kappa shape index (κ3) is 1.63. The summed E-state index contributed by atoms with van der Waals surface area (Å²) in [5.41, 5.74) is 0.995. The van der Waals surface area contributed by atoms with Crippen molar-refractivity contribution in [2.45, 2.75) is 6.42 Å². The number of hydrogen-bond acceptors (Lipinski definition) is 2. The molecule has 4 heteroatoms. The lowest BCUT2D eigenvalue weighted by molar-refractivity contribution is 0.0655. The number of rotatable bonds is 3. The van der Waals surface area contributed by atoms with E-state index in [0.29, 0.717) is 30.0 Å². The topological polar surface area (TPSA) is 37.4 Å². The Bertz CT molecular complexity index is 382. The molecule has 1 aromatic carbocycles. The Morgan fingerprint density at radius 2 is 1.60 bits per heavy atom. The van der Waals surface area contributed by atoms with Crippen molar-refractivity contribution < 1.29 is 9.59 Å². The number of carbonyl (C=O) groups excluding carboxylic acids is 2. The molecule has 0 aromatic heterocycles. The van der Waals surface area contributed by atoms with Gasteiger partial charge in [0.15, 0.2) is 0 Å². The van der Waals surface area contributed by atoms with Crippen LogP contribution in [0.5, 0.6) is 0 Å². The molecule has 1 aromatic rings. The molecule has 0 saturated carbocycles. The summed E-state index contributed by atoms with van der Waals surface area (Å²) in [5, 5.41) is 0. The van der Waals surface area contributed by atoms with E-state index < -0.39 is 0 Å². The second kappa shape index (κ2) is 4.03. The van der Waals surface area contributed by atoms with E-state index in [2.05, 4.69) is 0 Å². The van der Waals surface area contributed by atoms with Crippen LogP contribution >= 0.6 is 11.6 Å². The van der Waals surface area contributed by atoms with Crippen LogP contribution in [0.15, 0.2) is 24.3 Å². The minimum atomic E-state index is -0.208. The van der Waals surface area contributed by atoms with E-state index >= 15 is 0 Å². The molecular formula is C11H10ClNO2. The predicted octanol–water partition coefficient (Wildman–Crippen LogP) is 1.91. The third-order valence-electron chi connectivity index (χ3n) is 2.39. The minimum absolute atomic E-state index is 0.208. The fourth-order valence-electron chi connectivity index (χ4n) is 1.66. The van der Waals surface area contributed by atoms with Crippen LogP contribution in [-0.4, -0.2) is 29.1 Å². The Kier molecular flexibility index (Phi) is 2.73. The summed E-state index contributed by atoms with van der Waals surface area (Å²) in [4.78, 5) is 24.8. The molecule has 0 aliphatic carbocycles. The maximum Gasteiger partial charge on any atom is 0.261 e. The second-order valence-electron chi connectivity index (χ2n) is 3.35. The first-order chi connectivity index (χ1) is 7.25. The zero-order valence-corrected chi connectivity index (χ0v) is 8.83. The van der Waals surface area contributed by atoms with Crippen molar-refractivity contribution in [3.63, 3.8) is 0 Å². The molecule has 1 aliphatic rings. The molecule has 0 saturated heterocycles. The summed E-state index contributed by atoms with van der Waals surface area (Å²) >= 11 is 5.54. The molecule has 0 unspecified atom stereocenters. The summed E-state index contributed by atoms with van der Waals surface area (Å²) < 4.78 is 0. The van der Waals surface area contributed by atoms with Gasteiger partial charge in [-0.15, -0.1) is 11.6 Å². The second-order valence-corrected chi connectivity index (χ2v) is 3.73. The number of halogens is 1. The van der Waals surface area contributed by atoms with E-state index in [4.69, 9.17) is 11.6 Å². The number of hydrogen-bond donors (Lipinski definition) is 0. The smallest absolute Gasteiger partial charge is 0.261 e. The summed E-state index contributed by atoms with van der Waals surface area (Å²) in [6.07, 6.45) is 0.632. The molecule has 0 radical (unpaired) electrons. The van der Waals surface area contributed by atoms with Gasteiger partial charge in [-0.05, 0) is 18.6 Å². The highest BCUT2D eigenvalue weighted by molar-refractivity contribution is 6.21. The Morgan fingerprint density at radius 3 is 2.07 bits per heavy atom. The highest BCUT2D eigenvalue weighted by atomic mass is 35.5. The van der Waals surface area contributed by atoms with Gasteiger partial charge in [-0.2, -0.15) is 0 Å². The van der Waals surface area contributed by atoms with Crippen molar-refractivity contribution in [2.75, 3.05) is 12.4 Å². The predicted molar refractivity (Wildman–Crippen MR) is 57.1 cm³/mol. The van der Waals surface area contributed by atoms with Gasteiger partial charge in [0.25, 0.3) is 11.8 Å². The summed E-state index contributed by atoms with van der Waals surface area (Å²) in [6, 6.07) is 6.87. The molecule has 0 atom stereocenters. The number of benzene rings is 1. The highest BCUT2D eigenvalue weighted by Crippen LogP contribution is 2.22. The summed E-state index contributed by atoms with van der Waals surface area (Å²) in [7, 11) is 0. The third-order valence-corrected chi connectivity index (χ3v) is 2.66. The van der Waals surface area contributed by atoms with Crippen molar-refractivity contribution >= 4 is 23.4 Å². The molecule has 0 spiro atoms.